The minimum atomic E-state index is -0.328. The fourth-order valence-electron chi connectivity index (χ4n) is 3.39. The Morgan fingerprint density at radius 3 is 2.61 bits per heavy atom. The molecule has 6 nitrogen and oxygen atoms in total. The van der Waals surface area contributed by atoms with E-state index in [4.69, 9.17) is 0 Å². The summed E-state index contributed by atoms with van der Waals surface area (Å²) < 4.78 is 16.4. The van der Waals surface area contributed by atoms with Crippen molar-refractivity contribution in [1.29, 1.82) is 0 Å². The number of carbonyl (C=O) groups excluding carboxylic acids is 1. The Balaban J connectivity index is 1.69. The predicted octanol–water partition coefficient (Wildman–Crippen LogP) is 2.73. The van der Waals surface area contributed by atoms with Crippen molar-refractivity contribution in [3.8, 4) is 0 Å². The summed E-state index contributed by atoms with van der Waals surface area (Å²) in [5, 5.41) is 7.22. The average Bonchev–Trinajstić information content (AvgIpc) is 3.37. The molecule has 0 bridgehead atoms. The van der Waals surface area contributed by atoms with Gasteiger partial charge < -0.3 is 9.88 Å². The molecule has 7 heteroatoms. The molecular formula is C21H17FN4O2. The van der Waals surface area contributed by atoms with Gasteiger partial charge in [-0.2, -0.15) is 5.10 Å². The van der Waals surface area contributed by atoms with Crippen LogP contribution in [0.25, 0.3) is 16.6 Å². The topological polar surface area (TPSA) is 68.4 Å². The van der Waals surface area contributed by atoms with Gasteiger partial charge in [-0.25, -0.2) is 8.91 Å². The van der Waals surface area contributed by atoms with Gasteiger partial charge in [0.1, 0.15) is 11.3 Å². The molecule has 1 saturated carbocycles. The molecular weight excluding hydrogens is 359 g/mol. The highest BCUT2D eigenvalue weighted by Crippen LogP contribution is 2.21. The molecule has 2 aromatic carbocycles. The van der Waals surface area contributed by atoms with Crippen molar-refractivity contribution < 1.29 is 9.18 Å². The zero-order valence-corrected chi connectivity index (χ0v) is 14.9. The highest BCUT2D eigenvalue weighted by atomic mass is 19.1. The molecule has 1 aliphatic rings. The molecule has 28 heavy (non-hydrogen) atoms. The molecule has 0 unspecified atom stereocenters. The Bertz CT molecular complexity index is 1270. The van der Waals surface area contributed by atoms with Gasteiger partial charge in [-0.1, -0.05) is 12.1 Å². The first kappa shape index (κ1) is 16.7. The van der Waals surface area contributed by atoms with Gasteiger partial charge in [-0.3, -0.25) is 9.59 Å². The lowest BCUT2D eigenvalue weighted by Crippen LogP contribution is -2.27. The van der Waals surface area contributed by atoms with Gasteiger partial charge in [0.15, 0.2) is 0 Å². The molecule has 2 aromatic heterocycles. The number of amides is 1. The van der Waals surface area contributed by atoms with Crippen molar-refractivity contribution in [2.24, 2.45) is 0 Å². The van der Waals surface area contributed by atoms with E-state index in [0.717, 1.165) is 23.9 Å². The first-order valence-corrected chi connectivity index (χ1v) is 9.16. The number of aromatic nitrogens is 3. The lowest BCUT2D eigenvalue weighted by molar-refractivity contribution is 0.0951. The van der Waals surface area contributed by atoms with Crippen molar-refractivity contribution in [3.63, 3.8) is 0 Å². The summed E-state index contributed by atoms with van der Waals surface area (Å²) in [5.74, 6) is -0.475. The molecule has 0 aliphatic heterocycles. The SMILES string of the molecule is O=C(NC1CC1)c1ccc2c(c1)n(Cc1ccc(F)cc1)c(=O)c1ccnn12. The van der Waals surface area contributed by atoms with Gasteiger partial charge >= 0.3 is 0 Å². The van der Waals surface area contributed by atoms with Crippen LogP contribution in [0.2, 0.25) is 0 Å². The minimum Gasteiger partial charge on any atom is -0.349 e. The van der Waals surface area contributed by atoms with Crippen LogP contribution in [0, 0.1) is 5.82 Å². The molecule has 140 valence electrons. The third kappa shape index (κ3) is 2.85. The summed E-state index contributed by atoms with van der Waals surface area (Å²) in [6, 6.07) is 13.2. The number of nitrogens with one attached hydrogen (secondary N) is 1. The van der Waals surface area contributed by atoms with Gasteiger partial charge in [-0.05, 0) is 54.8 Å². The highest BCUT2D eigenvalue weighted by molar-refractivity contribution is 5.98. The maximum absolute atomic E-state index is 13.3. The number of hydrogen-bond donors (Lipinski definition) is 1. The second-order valence-electron chi connectivity index (χ2n) is 7.10. The molecule has 2 heterocycles. The summed E-state index contributed by atoms with van der Waals surface area (Å²) in [6.07, 6.45) is 3.58. The quantitative estimate of drug-likeness (QED) is 0.596. The Morgan fingerprint density at radius 2 is 1.86 bits per heavy atom. The number of rotatable bonds is 4. The molecule has 0 radical (unpaired) electrons. The van der Waals surface area contributed by atoms with Crippen LogP contribution >= 0.6 is 0 Å². The van der Waals surface area contributed by atoms with Gasteiger partial charge in [0.2, 0.25) is 0 Å². The summed E-state index contributed by atoms with van der Waals surface area (Å²) in [5.41, 5.74) is 2.86. The molecule has 5 rings (SSSR count). The lowest BCUT2D eigenvalue weighted by atomic mass is 10.1. The van der Waals surface area contributed by atoms with E-state index in [1.807, 2.05) is 0 Å². The molecule has 0 saturated heterocycles. The van der Waals surface area contributed by atoms with Crippen LogP contribution in [0.3, 0.4) is 0 Å². The van der Waals surface area contributed by atoms with Gasteiger partial charge in [0.05, 0.1) is 23.8 Å². The summed E-state index contributed by atoms with van der Waals surface area (Å²) in [6.45, 7) is 0.269. The predicted molar refractivity (Wildman–Crippen MR) is 103 cm³/mol. The average molecular weight is 376 g/mol. The van der Waals surface area contributed by atoms with E-state index >= 15 is 0 Å². The highest BCUT2D eigenvalue weighted by Gasteiger charge is 2.24. The second-order valence-corrected chi connectivity index (χ2v) is 7.10. The third-order valence-corrected chi connectivity index (χ3v) is 5.03. The Morgan fingerprint density at radius 1 is 1.07 bits per heavy atom. The fourth-order valence-corrected chi connectivity index (χ4v) is 3.39. The summed E-state index contributed by atoms with van der Waals surface area (Å²) in [4.78, 5) is 25.6. The summed E-state index contributed by atoms with van der Waals surface area (Å²) >= 11 is 0. The van der Waals surface area contributed by atoms with Gasteiger partial charge in [0.25, 0.3) is 11.5 Å². The maximum atomic E-state index is 13.3. The van der Waals surface area contributed by atoms with Crippen LogP contribution in [0.1, 0.15) is 28.8 Å². The van der Waals surface area contributed by atoms with E-state index in [1.165, 1.54) is 12.1 Å². The number of fused-ring (bicyclic) bond motifs is 3. The van der Waals surface area contributed by atoms with Crippen LogP contribution in [-0.2, 0) is 6.54 Å². The van der Waals surface area contributed by atoms with Crippen LogP contribution in [0.4, 0.5) is 4.39 Å². The van der Waals surface area contributed by atoms with Gasteiger partial charge in [0, 0.05) is 11.6 Å². The first-order valence-electron chi connectivity index (χ1n) is 9.16. The first-order chi connectivity index (χ1) is 13.6. The molecule has 0 spiro atoms. The monoisotopic (exact) mass is 376 g/mol. The van der Waals surface area contributed by atoms with Crippen molar-refractivity contribution >= 4 is 22.5 Å². The molecule has 1 fully saturated rings. The zero-order chi connectivity index (χ0) is 19.3. The van der Waals surface area contributed by atoms with Crippen LogP contribution in [0.15, 0.2) is 59.5 Å². The van der Waals surface area contributed by atoms with Crippen molar-refractivity contribution in [1.82, 2.24) is 19.5 Å². The molecule has 0 atom stereocenters. The standard InChI is InChI=1S/C21H17FN4O2/c22-15-4-1-13(2-5-15)12-25-19-11-14(20(27)24-16-6-7-16)3-8-17(19)26-18(21(25)28)9-10-23-26/h1-5,8-11,16H,6-7,12H2,(H,24,27). The van der Waals surface area contributed by atoms with E-state index in [-0.39, 0.29) is 29.9 Å². The molecule has 1 aliphatic carbocycles. The van der Waals surface area contributed by atoms with Crippen LogP contribution in [0.5, 0.6) is 0 Å². The molecule has 1 N–H and O–H groups in total. The number of benzene rings is 2. The van der Waals surface area contributed by atoms with Crippen LogP contribution < -0.4 is 10.9 Å². The Kier molecular flexibility index (Phi) is 3.75. The number of carbonyl (C=O) groups is 1. The van der Waals surface area contributed by atoms with Crippen molar-refractivity contribution in [2.75, 3.05) is 0 Å². The fraction of sp³-hybridized carbons (Fsp3) is 0.190. The third-order valence-electron chi connectivity index (χ3n) is 5.03. The van der Waals surface area contributed by atoms with Crippen molar-refractivity contribution in [2.45, 2.75) is 25.4 Å². The lowest BCUT2D eigenvalue weighted by Gasteiger charge is -2.13. The number of hydrogen-bond acceptors (Lipinski definition) is 3. The van der Waals surface area contributed by atoms with E-state index in [2.05, 4.69) is 10.4 Å². The van der Waals surface area contributed by atoms with E-state index < -0.39 is 0 Å². The Labute approximate surface area is 159 Å². The second kappa shape index (κ2) is 6.30. The number of halogens is 1. The van der Waals surface area contributed by atoms with E-state index in [9.17, 15) is 14.0 Å². The smallest absolute Gasteiger partial charge is 0.277 e. The zero-order valence-electron chi connectivity index (χ0n) is 14.9. The molecule has 4 aromatic rings. The number of nitrogens with zero attached hydrogens (tertiary/aromatic N) is 3. The van der Waals surface area contributed by atoms with E-state index in [0.29, 0.717) is 16.6 Å². The normalized spacial score (nSPS) is 13.9. The minimum absolute atomic E-state index is 0.147. The van der Waals surface area contributed by atoms with Crippen LogP contribution in [-0.4, -0.2) is 26.1 Å². The van der Waals surface area contributed by atoms with Crippen molar-refractivity contribution in [3.05, 3.63) is 82.0 Å². The molecule has 1 amide bonds. The Hall–Kier alpha value is -3.48. The maximum Gasteiger partial charge on any atom is 0.277 e. The van der Waals surface area contributed by atoms with Gasteiger partial charge in [-0.15, -0.1) is 0 Å². The summed E-state index contributed by atoms with van der Waals surface area (Å²) in [7, 11) is 0. The van der Waals surface area contributed by atoms with E-state index in [1.54, 1.807) is 51.7 Å². The largest absolute Gasteiger partial charge is 0.349 e.